The third kappa shape index (κ3) is 6.11. The van der Waals surface area contributed by atoms with Gasteiger partial charge in [-0.15, -0.1) is 0 Å². The minimum Gasteiger partial charge on any atom is -0.493 e. The van der Waals surface area contributed by atoms with Gasteiger partial charge in [0.2, 0.25) is 0 Å². The fraction of sp³-hybridized carbons (Fsp3) is 0.300. The normalized spacial score (nSPS) is 13.8. The average molecular weight is 471 g/mol. The summed E-state index contributed by atoms with van der Waals surface area (Å²) in [4.78, 5) is 15.1. The maximum absolute atomic E-state index is 12.7. The van der Waals surface area contributed by atoms with Crippen LogP contribution in [0.4, 0.5) is 0 Å². The van der Waals surface area contributed by atoms with Gasteiger partial charge in [0.15, 0.2) is 11.5 Å². The first-order valence-corrected chi connectivity index (χ1v) is 12.0. The molecular formula is C30H34N2O3. The number of nitrogens with zero attached hydrogens (tertiary/aromatic N) is 1. The molecule has 0 atom stereocenters. The third-order valence-corrected chi connectivity index (χ3v) is 6.54. The van der Waals surface area contributed by atoms with Gasteiger partial charge in [-0.3, -0.25) is 9.69 Å². The molecular weight excluding hydrogens is 436 g/mol. The van der Waals surface area contributed by atoms with E-state index in [-0.39, 0.29) is 5.91 Å². The van der Waals surface area contributed by atoms with Crippen LogP contribution in [-0.2, 0) is 13.1 Å². The zero-order chi connectivity index (χ0) is 24.8. The standard InChI is InChI=1S/C30H34N2O3/c1-21-8-9-22(2)27(16-21)30(33)31-19-23-6-5-7-26(17-23)25-12-14-32(15-13-25)20-24-10-11-28(34-3)29(18-24)35-4/h5-12,16-18H,13-15,19-20H2,1-4H3,(H,31,33). The van der Waals surface area contributed by atoms with Crippen molar-refractivity contribution in [3.05, 3.63) is 100 Å². The maximum atomic E-state index is 12.7. The Morgan fingerprint density at radius 1 is 0.943 bits per heavy atom. The minimum absolute atomic E-state index is 0.0284. The molecule has 182 valence electrons. The Morgan fingerprint density at radius 3 is 2.51 bits per heavy atom. The number of rotatable bonds is 8. The van der Waals surface area contributed by atoms with Gasteiger partial charge in [-0.05, 0) is 72.4 Å². The van der Waals surface area contributed by atoms with E-state index >= 15 is 0 Å². The molecule has 0 aliphatic carbocycles. The molecule has 0 spiro atoms. The second-order valence-corrected chi connectivity index (χ2v) is 9.11. The number of carbonyl (C=O) groups is 1. The molecule has 0 bridgehead atoms. The third-order valence-electron chi connectivity index (χ3n) is 6.54. The molecule has 0 aromatic heterocycles. The summed E-state index contributed by atoms with van der Waals surface area (Å²) in [7, 11) is 3.32. The molecule has 35 heavy (non-hydrogen) atoms. The Balaban J connectivity index is 1.36. The number of nitrogens with one attached hydrogen (secondary N) is 1. The van der Waals surface area contributed by atoms with E-state index in [0.717, 1.165) is 59.8 Å². The van der Waals surface area contributed by atoms with Crippen molar-refractivity contribution in [3.63, 3.8) is 0 Å². The molecule has 4 rings (SSSR count). The van der Waals surface area contributed by atoms with Crippen LogP contribution in [0, 0.1) is 13.8 Å². The van der Waals surface area contributed by atoms with Crippen LogP contribution in [0.25, 0.3) is 5.57 Å². The number of methoxy groups -OCH3 is 2. The highest BCUT2D eigenvalue weighted by atomic mass is 16.5. The molecule has 0 saturated carbocycles. The van der Waals surface area contributed by atoms with E-state index in [1.807, 2.05) is 44.2 Å². The number of ether oxygens (including phenoxy) is 2. The number of hydrogen-bond acceptors (Lipinski definition) is 4. The van der Waals surface area contributed by atoms with Crippen LogP contribution >= 0.6 is 0 Å². The Bertz CT molecular complexity index is 1230. The van der Waals surface area contributed by atoms with Crippen molar-refractivity contribution in [3.8, 4) is 11.5 Å². The van der Waals surface area contributed by atoms with E-state index in [0.29, 0.717) is 6.54 Å². The zero-order valence-electron chi connectivity index (χ0n) is 21.1. The Hall–Kier alpha value is -3.57. The lowest BCUT2D eigenvalue weighted by Gasteiger charge is -2.27. The summed E-state index contributed by atoms with van der Waals surface area (Å²) < 4.78 is 10.8. The van der Waals surface area contributed by atoms with Gasteiger partial charge in [0.1, 0.15) is 0 Å². The molecule has 0 saturated heterocycles. The number of amides is 1. The van der Waals surface area contributed by atoms with Gasteiger partial charge in [0.05, 0.1) is 14.2 Å². The Morgan fingerprint density at radius 2 is 1.77 bits per heavy atom. The predicted molar refractivity (Wildman–Crippen MR) is 141 cm³/mol. The van der Waals surface area contributed by atoms with Crippen molar-refractivity contribution in [2.45, 2.75) is 33.4 Å². The molecule has 0 unspecified atom stereocenters. The van der Waals surface area contributed by atoms with Crippen LogP contribution in [-0.4, -0.2) is 38.1 Å². The van der Waals surface area contributed by atoms with Crippen LogP contribution < -0.4 is 14.8 Å². The van der Waals surface area contributed by atoms with Crippen LogP contribution in [0.1, 0.15) is 44.6 Å². The van der Waals surface area contributed by atoms with Crippen molar-refractivity contribution in [2.24, 2.45) is 0 Å². The SMILES string of the molecule is COc1ccc(CN2CC=C(c3cccc(CNC(=O)c4cc(C)ccc4C)c3)CC2)cc1OC. The van der Waals surface area contributed by atoms with Crippen LogP contribution in [0.15, 0.2) is 66.7 Å². The van der Waals surface area contributed by atoms with E-state index in [1.54, 1.807) is 14.2 Å². The predicted octanol–water partition coefficient (Wildman–Crippen LogP) is 5.54. The van der Waals surface area contributed by atoms with Crippen molar-refractivity contribution < 1.29 is 14.3 Å². The van der Waals surface area contributed by atoms with E-state index in [1.165, 1.54) is 16.7 Å². The first-order valence-electron chi connectivity index (χ1n) is 12.0. The van der Waals surface area contributed by atoms with Crippen molar-refractivity contribution >= 4 is 11.5 Å². The molecule has 5 heteroatoms. The van der Waals surface area contributed by atoms with Gasteiger partial charge < -0.3 is 14.8 Å². The molecule has 1 aliphatic heterocycles. The van der Waals surface area contributed by atoms with Gasteiger partial charge >= 0.3 is 0 Å². The van der Waals surface area contributed by atoms with Gasteiger partial charge in [-0.25, -0.2) is 0 Å². The topological polar surface area (TPSA) is 50.8 Å². The largest absolute Gasteiger partial charge is 0.493 e. The van der Waals surface area contributed by atoms with Gasteiger partial charge in [-0.1, -0.05) is 48.0 Å². The van der Waals surface area contributed by atoms with Crippen LogP contribution in [0.5, 0.6) is 11.5 Å². The maximum Gasteiger partial charge on any atom is 0.251 e. The number of benzene rings is 3. The van der Waals surface area contributed by atoms with Crippen LogP contribution in [0.3, 0.4) is 0 Å². The average Bonchev–Trinajstić information content (AvgIpc) is 2.89. The van der Waals surface area contributed by atoms with E-state index in [9.17, 15) is 4.79 Å². The fourth-order valence-electron chi connectivity index (χ4n) is 4.49. The summed E-state index contributed by atoms with van der Waals surface area (Å²) in [6.45, 7) is 7.25. The highest BCUT2D eigenvalue weighted by molar-refractivity contribution is 5.95. The van der Waals surface area contributed by atoms with Gasteiger partial charge in [-0.2, -0.15) is 0 Å². The molecule has 1 heterocycles. The molecule has 3 aromatic rings. The fourth-order valence-corrected chi connectivity index (χ4v) is 4.49. The second-order valence-electron chi connectivity index (χ2n) is 9.11. The second kappa shape index (κ2) is 11.2. The lowest BCUT2D eigenvalue weighted by atomic mass is 9.97. The van der Waals surface area contributed by atoms with Gasteiger partial charge in [0.25, 0.3) is 5.91 Å². The Kier molecular flexibility index (Phi) is 7.88. The van der Waals surface area contributed by atoms with E-state index < -0.39 is 0 Å². The number of hydrogen-bond donors (Lipinski definition) is 1. The monoisotopic (exact) mass is 470 g/mol. The lowest BCUT2D eigenvalue weighted by molar-refractivity contribution is 0.0950. The summed E-state index contributed by atoms with van der Waals surface area (Å²) in [6.07, 6.45) is 3.31. The summed E-state index contributed by atoms with van der Waals surface area (Å²) >= 11 is 0. The summed E-state index contributed by atoms with van der Waals surface area (Å²) in [5.74, 6) is 1.49. The highest BCUT2D eigenvalue weighted by Crippen LogP contribution is 2.29. The number of carbonyl (C=O) groups excluding carboxylic acids is 1. The smallest absolute Gasteiger partial charge is 0.251 e. The first-order chi connectivity index (χ1) is 17.0. The molecule has 0 fully saturated rings. The van der Waals surface area contributed by atoms with Crippen LogP contribution in [0.2, 0.25) is 0 Å². The molecule has 1 aliphatic rings. The highest BCUT2D eigenvalue weighted by Gasteiger charge is 2.15. The van der Waals surface area contributed by atoms with Crippen molar-refractivity contribution in [2.75, 3.05) is 27.3 Å². The zero-order valence-corrected chi connectivity index (χ0v) is 21.1. The molecule has 5 nitrogen and oxygen atoms in total. The van der Waals surface area contributed by atoms with Crippen molar-refractivity contribution in [1.29, 1.82) is 0 Å². The lowest BCUT2D eigenvalue weighted by Crippen LogP contribution is -2.28. The summed E-state index contributed by atoms with van der Waals surface area (Å²) in [6, 6.07) is 20.6. The first kappa shape index (κ1) is 24.6. The summed E-state index contributed by atoms with van der Waals surface area (Å²) in [5, 5.41) is 3.08. The number of aryl methyl sites for hydroxylation is 2. The summed E-state index contributed by atoms with van der Waals surface area (Å²) in [5.41, 5.74) is 7.73. The van der Waals surface area contributed by atoms with Gasteiger partial charge in [0, 0.05) is 31.7 Å². The van der Waals surface area contributed by atoms with Crippen molar-refractivity contribution in [1.82, 2.24) is 10.2 Å². The molecule has 1 amide bonds. The quantitative estimate of drug-likeness (QED) is 0.470. The molecule has 3 aromatic carbocycles. The minimum atomic E-state index is -0.0284. The Labute approximate surface area is 208 Å². The molecule has 0 radical (unpaired) electrons. The van der Waals surface area contributed by atoms with E-state index in [2.05, 4.69) is 46.6 Å². The molecule has 1 N–H and O–H groups in total. The van der Waals surface area contributed by atoms with E-state index in [4.69, 9.17) is 9.47 Å².